The van der Waals surface area contributed by atoms with E-state index < -0.39 is 0 Å². The van der Waals surface area contributed by atoms with Crippen molar-refractivity contribution in [3.63, 3.8) is 0 Å². The van der Waals surface area contributed by atoms with Crippen LogP contribution in [0.3, 0.4) is 0 Å². The van der Waals surface area contributed by atoms with Gasteiger partial charge >= 0.3 is 0 Å². The van der Waals surface area contributed by atoms with Gasteiger partial charge in [-0.15, -0.1) is 0 Å². The van der Waals surface area contributed by atoms with Crippen molar-refractivity contribution in [1.82, 2.24) is 15.3 Å². The standard InChI is InChI=1S/C12H18N4/c1-9-7-16(6-5-13-9)12-10-3-2-4-11(10)14-8-15-12/h8-9,13H,2-7H2,1H3/t9-/m0/s1. The first-order valence-electron chi connectivity index (χ1n) is 6.15. The van der Waals surface area contributed by atoms with Crippen LogP contribution in [0, 0.1) is 0 Å². The number of nitrogens with zero attached hydrogens (tertiary/aromatic N) is 3. The molecule has 16 heavy (non-hydrogen) atoms. The molecule has 2 aliphatic rings. The summed E-state index contributed by atoms with van der Waals surface area (Å²) in [5.41, 5.74) is 2.67. The Morgan fingerprint density at radius 3 is 3.19 bits per heavy atom. The van der Waals surface area contributed by atoms with E-state index in [2.05, 4.69) is 27.1 Å². The summed E-state index contributed by atoms with van der Waals surface area (Å²) >= 11 is 0. The van der Waals surface area contributed by atoms with Crippen molar-refractivity contribution in [3.05, 3.63) is 17.6 Å². The van der Waals surface area contributed by atoms with Gasteiger partial charge in [-0.1, -0.05) is 0 Å². The third kappa shape index (κ3) is 1.67. The average Bonchev–Trinajstić information content (AvgIpc) is 2.76. The van der Waals surface area contributed by atoms with Crippen molar-refractivity contribution in [1.29, 1.82) is 0 Å². The van der Waals surface area contributed by atoms with Crippen LogP contribution in [0.5, 0.6) is 0 Å². The van der Waals surface area contributed by atoms with E-state index in [0.717, 1.165) is 32.5 Å². The van der Waals surface area contributed by atoms with Crippen molar-refractivity contribution in [3.8, 4) is 0 Å². The summed E-state index contributed by atoms with van der Waals surface area (Å²) < 4.78 is 0. The topological polar surface area (TPSA) is 41.1 Å². The SMILES string of the molecule is C[C@H]1CN(c2ncnc3c2CCC3)CCN1. The van der Waals surface area contributed by atoms with E-state index >= 15 is 0 Å². The summed E-state index contributed by atoms with van der Waals surface area (Å²) in [5.74, 6) is 1.19. The van der Waals surface area contributed by atoms with Crippen LogP contribution in [0.25, 0.3) is 0 Å². The molecule has 3 rings (SSSR count). The third-order valence-electron chi connectivity index (χ3n) is 3.52. The van der Waals surface area contributed by atoms with E-state index in [1.807, 2.05) is 0 Å². The summed E-state index contributed by atoms with van der Waals surface area (Å²) in [6.45, 7) is 5.41. The summed E-state index contributed by atoms with van der Waals surface area (Å²) in [4.78, 5) is 11.3. The number of rotatable bonds is 1. The molecular formula is C12H18N4. The van der Waals surface area contributed by atoms with Gasteiger partial charge in [0, 0.05) is 36.9 Å². The molecule has 1 aliphatic heterocycles. The Morgan fingerprint density at radius 2 is 2.31 bits per heavy atom. The summed E-state index contributed by atoms with van der Waals surface area (Å²) in [5, 5.41) is 3.46. The zero-order valence-corrected chi connectivity index (χ0v) is 9.74. The molecule has 4 nitrogen and oxygen atoms in total. The number of anilines is 1. The van der Waals surface area contributed by atoms with E-state index in [9.17, 15) is 0 Å². The predicted molar refractivity (Wildman–Crippen MR) is 63.7 cm³/mol. The van der Waals surface area contributed by atoms with Gasteiger partial charge in [0.2, 0.25) is 0 Å². The van der Waals surface area contributed by atoms with Crippen molar-refractivity contribution < 1.29 is 0 Å². The van der Waals surface area contributed by atoms with Gasteiger partial charge in [-0.2, -0.15) is 0 Å². The molecule has 86 valence electrons. The zero-order chi connectivity index (χ0) is 11.0. The van der Waals surface area contributed by atoms with Gasteiger partial charge in [-0.3, -0.25) is 0 Å². The average molecular weight is 218 g/mol. The van der Waals surface area contributed by atoms with E-state index in [-0.39, 0.29) is 0 Å². The molecule has 0 radical (unpaired) electrons. The van der Waals surface area contributed by atoms with E-state index in [4.69, 9.17) is 0 Å². The van der Waals surface area contributed by atoms with E-state index in [0.29, 0.717) is 6.04 Å². The van der Waals surface area contributed by atoms with Crippen molar-refractivity contribution in [2.45, 2.75) is 32.2 Å². The van der Waals surface area contributed by atoms with Crippen LogP contribution in [0.1, 0.15) is 24.6 Å². The monoisotopic (exact) mass is 218 g/mol. The van der Waals surface area contributed by atoms with Crippen molar-refractivity contribution >= 4 is 5.82 Å². The van der Waals surface area contributed by atoms with E-state index in [1.54, 1.807) is 6.33 Å². The van der Waals surface area contributed by atoms with E-state index in [1.165, 1.54) is 23.5 Å². The largest absolute Gasteiger partial charge is 0.353 e. The molecule has 0 unspecified atom stereocenters. The highest BCUT2D eigenvalue weighted by atomic mass is 15.2. The number of hydrogen-bond acceptors (Lipinski definition) is 4. The molecule has 1 N–H and O–H groups in total. The summed E-state index contributed by atoms with van der Waals surface area (Å²) in [7, 11) is 0. The molecular weight excluding hydrogens is 200 g/mol. The fourth-order valence-electron chi connectivity index (χ4n) is 2.74. The molecule has 0 bridgehead atoms. The normalized spacial score (nSPS) is 24.6. The van der Waals surface area contributed by atoms with Gasteiger partial charge in [0.15, 0.2) is 0 Å². The van der Waals surface area contributed by atoms with Gasteiger partial charge in [0.1, 0.15) is 12.1 Å². The Balaban J connectivity index is 1.91. The number of piperazine rings is 1. The lowest BCUT2D eigenvalue weighted by Crippen LogP contribution is -2.49. The van der Waals surface area contributed by atoms with Crippen molar-refractivity contribution in [2.24, 2.45) is 0 Å². The lowest BCUT2D eigenvalue weighted by atomic mass is 10.2. The van der Waals surface area contributed by atoms with Gasteiger partial charge in [0.05, 0.1) is 0 Å². The second-order valence-electron chi connectivity index (χ2n) is 4.78. The maximum Gasteiger partial charge on any atom is 0.135 e. The molecule has 1 atom stereocenters. The van der Waals surface area contributed by atoms with Gasteiger partial charge in [-0.25, -0.2) is 9.97 Å². The fraction of sp³-hybridized carbons (Fsp3) is 0.667. The first-order chi connectivity index (χ1) is 7.84. The van der Waals surface area contributed by atoms with Crippen LogP contribution in [0.2, 0.25) is 0 Å². The molecule has 4 heteroatoms. The number of aromatic nitrogens is 2. The Hall–Kier alpha value is -1.16. The maximum atomic E-state index is 4.50. The minimum Gasteiger partial charge on any atom is -0.353 e. The lowest BCUT2D eigenvalue weighted by Gasteiger charge is -2.33. The van der Waals surface area contributed by atoms with Crippen molar-refractivity contribution in [2.75, 3.05) is 24.5 Å². The summed E-state index contributed by atoms with van der Waals surface area (Å²) in [6, 6.07) is 0.556. The molecule has 0 spiro atoms. The number of aryl methyl sites for hydroxylation is 1. The van der Waals surface area contributed by atoms with Crippen LogP contribution in [0.4, 0.5) is 5.82 Å². The zero-order valence-electron chi connectivity index (χ0n) is 9.74. The van der Waals surface area contributed by atoms with Crippen LogP contribution in [-0.4, -0.2) is 35.6 Å². The Bertz CT molecular complexity index is 391. The fourth-order valence-corrected chi connectivity index (χ4v) is 2.74. The van der Waals surface area contributed by atoms with Gasteiger partial charge in [-0.05, 0) is 26.2 Å². The van der Waals surface area contributed by atoms with Crippen LogP contribution < -0.4 is 10.2 Å². The smallest absolute Gasteiger partial charge is 0.135 e. The molecule has 1 aliphatic carbocycles. The molecule has 0 saturated carbocycles. The van der Waals surface area contributed by atoms with Crippen LogP contribution in [0.15, 0.2) is 6.33 Å². The third-order valence-corrected chi connectivity index (χ3v) is 3.52. The van der Waals surface area contributed by atoms with Crippen LogP contribution in [-0.2, 0) is 12.8 Å². The first-order valence-corrected chi connectivity index (χ1v) is 6.15. The predicted octanol–water partition coefficient (Wildman–Crippen LogP) is 0.763. The lowest BCUT2D eigenvalue weighted by molar-refractivity contribution is 0.481. The Labute approximate surface area is 96.1 Å². The molecule has 2 heterocycles. The highest BCUT2D eigenvalue weighted by Crippen LogP contribution is 2.28. The quantitative estimate of drug-likeness (QED) is 0.755. The maximum absolute atomic E-state index is 4.50. The second kappa shape index (κ2) is 4.01. The Morgan fingerprint density at radius 1 is 1.38 bits per heavy atom. The highest BCUT2D eigenvalue weighted by Gasteiger charge is 2.23. The first kappa shape index (κ1) is 10.0. The second-order valence-corrected chi connectivity index (χ2v) is 4.78. The van der Waals surface area contributed by atoms with Crippen LogP contribution >= 0.6 is 0 Å². The number of fused-ring (bicyclic) bond motifs is 1. The number of hydrogen-bond donors (Lipinski definition) is 1. The number of nitrogens with one attached hydrogen (secondary N) is 1. The highest BCUT2D eigenvalue weighted by molar-refractivity contribution is 5.50. The molecule has 1 aromatic rings. The van der Waals surface area contributed by atoms with Gasteiger partial charge in [0.25, 0.3) is 0 Å². The molecule has 1 aromatic heterocycles. The molecule has 0 aromatic carbocycles. The minimum absolute atomic E-state index is 0.556. The molecule has 1 fully saturated rings. The minimum atomic E-state index is 0.556. The van der Waals surface area contributed by atoms with Gasteiger partial charge < -0.3 is 10.2 Å². The summed E-state index contributed by atoms with van der Waals surface area (Å²) in [6.07, 6.45) is 5.26. The molecule has 1 saturated heterocycles. The molecule has 0 amide bonds. The Kier molecular flexibility index (Phi) is 2.52.